The second-order valence-corrected chi connectivity index (χ2v) is 4.60. The summed E-state index contributed by atoms with van der Waals surface area (Å²) < 4.78 is 7.67. The zero-order valence-electron chi connectivity index (χ0n) is 7.77. The van der Waals surface area contributed by atoms with Gasteiger partial charge in [0.25, 0.3) is 5.91 Å². The number of amides is 1. The molecule has 1 heterocycles. The highest BCUT2D eigenvalue weighted by Gasteiger charge is 2.17. The fraction of sp³-hybridized carbons (Fsp3) is 0.429. The van der Waals surface area contributed by atoms with Gasteiger partial charge >= 0.3 is 5.97 Å². The summed E-state index contributed by atoms with van der Waals surface area (Å²) in [6, 6.07) is 0. The van der Waals surface area contributed by atoms with E-state index in [0.717, 1.165) is 11.5 Å². The van der Waals surface area contributed by atoms with Crippen LogP contribution in [0.4, 0.5) is 0 Å². The maximum absolute atomic E-state index is 11.4. The van der Waals surface area contributed by atoms with E-state index in [-0.39, 0.29) is 24.1 Å². The Balaban J connectivity index is 2.38. The van der Waals surface area contributed by atoms with Crippen molar-refractivity contribution in [2.45, 2.75) is 3.92 Å². The van der Waals surface area contributed by atoms with Crippen LogP contribution >= 0.6 is 34.1 Å². The topological polar surface area (TPSA) is 81.2 Å². The molecule has 0 bridgehead atoms. The minimum Gasteiger partial charge on any atom is -0.468 e. The Kier molecular flexibility index (Phi) is 4.88. The molecule has 1 aromatic rings. The number of carbonyl (C=O) groups excluding carboxylic acids is 2. The zero-order chi connectivity index (χ0) is 11.3. The van der Waals surface area contributed by atoms with E-state index >= 15 is 0 Å². The standard InChI is InChI=1S/C7H8IN3O3S/c1-14-7(13)4(8)2-9-6(12)5-3-15-11-10-5/h3-4H,2H2,1H3,(H,9,12). The molecule has 8 heteroatoms. The maximum Gasteiger partial charge on any atom is 0.320 e. The molecule has 82 valence electrons. The first kappa shape index (κ1) is 12.3. The van der Waals surface area contributed by atoms with Crippen LogP contribution in [0, 0.1) is 0 Å². The van der Waals surface area contributed by atoms with Crippen LogP contribution in [0.25, 0.3) is 0 Å². The fourth-order valence-corrected chi connectivity index (χ4v) is 1.66. The third-order valence-electron chi connectivity index (χ3n) is 1.49. The number of hydrogen-bond donors (Lipinski definition) is 1. The van der Waals surface area contributed by atoms with E-state index in [1.54, 1.807) is 0 Å². The molecule has 0 aromatic carbocycles. The predicted molar refractivity (Wildman–Crippen MR) is 62.1 cm³/mol. The number of alkyl halides is 1. The third-order valence-corrected chi connectivity index (χ3v) is 2.94. The summed E-state index contributed by atoms with van der Waals surface area (Å²) in [5.74, 6) is -0.707. The molecule has 1 N–H and O–H groups in total. The van der Waals surface area contributed by atoms with Crippen molar-refractivity contribution in [1.82, 2.24) is 14.9 Å². The van der Waals surface area contributed by atoms with Crippen LogP contribution in [0.1, 0.15) is 10.5 Å². The minimum atomic E-state index is -0.400. The monoisotopic (exact) mass is 341 g/mol. The molecule has 1 aromatic heterocycles. The highest BCUT2D eigenvalue weighted by atomic mass is 127. The van der Waals surface area contributed by atoms with Crippen molar-refractivity contribution in [3.63, 3.8) is 0 Å². The van der Waals surface area contributed by atoms with E-state index < -0.39 is 3.92 Å². The summed E-state index contributed by atoms with van der Waals surface area (Å²) in [7, 11) is 1.31. The normalized spacial score (nSPS) is 11.9. The summed E-state index contributed by atoms with van der Waals surface area (Å²) in [5.41, 5.74) is 0.258. The van der Waals surface area contributed by atoms with Crippen molar-refractivity contribution in [2.24, 2.45) is 0 Å². The first-order valence-electron chi connectivity index (χ1n) is 3.92. The second-order valence-electron chi connectivity index (χ2n) is 2.49. The molecular formula is C7H8IN3O3S. The third kappa shape index (κ3) is 3.70. The number of methoxy groups -OCH3 is 1. The van der Waals surface area contributed by atoms with Gasteiger partial charge in [-0.2, -0.15) is 0 Å². The molecule has 1 unspecified atom stereocenters. The van der Waals surface area contributed by atoms with Gasteiger partial charge in [0.2, 0.25) is 0 Å². The van der Waals surface area contributed by atoms with Gasteiger partial charge in [-0.1, -0.05) is 27.1 Å². The molecule has 0 saturated heterocycles. The number of nitrogens with one attached hydrogen (secondary N) is 1. The molecule has 0 radical (unpaired) electrons. The number of esters is 1. The highest BCUT2D eigenvalue weighted by molar-refractivity contribution is 14.1. The fourth-order valence-electron chi connectivity index (χ4n) is 0.748. The van der Waals surface area contributed by atoms with Gasteiger partial charge in [-0.05, 0) is 11.5 Å². The molecule has 0 spiro atoms. The number of nitrogens with zero attached hydrogens (tertiary/aromatic N) is 2. The first-order chi connectivity index (χ1) is 7.15. The Morgan fingerprint density at radius 1 is 1.73 bits per heavy atom. The maximum atomic E-state index is 11.4. The van der Waals surface area contributed by atoms with Gasteiger partial charge in [-0.15, -0.1) is 5.10 Å². The Morgan fingerprint density at radius 3 is 3.00 bits per heavy atom. The van der Waals surface area contributed by atoms with Crippen molar-refractivity contribution in [3.8, 4) is 0 Å². The molecular weight excluding hydrogens is 333 g/mol. The second kappa shape index (κ2) is 5.95. The first-order valence-corrected chi connectivity index (χ1v) is 6.00. The molecule has 0 fully saturated rings. The van der Waals surface area contributed by atoms with Crippen LogP contribution in [0.3, 0.4) is 0 Å². The lowest BCUT2D eigenvalue weighted by atomic mass is 10.4. The van der Waals surface area contributed by atoms with Gasteiger partial charge in [-0.3, -0.25) is 9.59 Å². The largest absolute Gasteiger partial charge is 0.468 e. The van der Waals surface area contributed by atoms with E-state index in [1.807, 2.05) is 22.6 Å². The lowest BCUT2D eigenvalue weighted by Gasteiger charge is -2.07. The average molecular weight is 341 g/mol. The molecule has 1 atom stereocenters. The zero-order valence-corrected chi connectivity index (χ0v) is 10.7. The van der Waals surface area contributed by atoms with Crippen LogP contribution in [-0.2, 0) is 9.53 Å². The van der Waals surface area contributed by atoms with Crippen LogP contribution < -0.4 is 5.32 Å². The average Bonchev–Trinajstić information content (AvgIpc) is 2.77. The number of halogens is 1. The molecule has 6 nitrogen and oxygen atoms in total. The van der Waals surface area contributed by atoms with Gasteiger partial charge < -0.3 is 10.1 Å². The Hall–Kier alpha value is -0.770. The van der Waals surface area contributed by atoms with Gasteiger partial charge in [0.15, 0.2) is 5.69 Å². The smallest absolute Gasteiger partial charge is 0.320 e. The van der Waals surface area contributed by atoms with Gasteiger partial charge in [0, 0.05) is 11.9 Å². The van der Waals surface area contributed by atoms with Gasteiger partial charge in [-0.25, -0.2) is 0 Å². The molecule has 0 aliphatic heterocycles. The van der Waals surface area contributed by atoms with E-state index in [4.69, 9.17) is 0 Å². The number of hydrogen-bond acceptors (Lipinski definition) is 6. The molecule has 0 saturated carbocycles. The van der Waals surface area contributed by atoms with E-state index in [9.17, 15) is 9.59 Å². The van der Waals surface area contributed by atoms with Crippen LogP contribution in [0.2, 0.25) is 0 Å². The Labute approximate surface area is 104 Å². The minimum absolute atomic E-state index is 0.212. The Bertz CT molecular complexity index is 343. The lowest BCUT2D eigenvalue weighted by Crippen LogP contribution is -2.34. The summed E-state index contributed by atoms with van der Waals surface area (Å²) in [5, 5.41) is 7.69. The Morgan fingerprint density at radius 2 is 2.47 bits per heavy atom. The summed E-state index contributed by atoms with van der Waals surface area (Å²) in [6.07, 6.45) is 0. The van der Waals surface area contributed by atoms with Crippen molar-refractivity contribution in [3.05, 3.63) is 11.1 Å². The summed E-state index contributed by atoms with van der Waals surface area (Å²) in [6.45, 7) is 0.212. The van der Waals surface area contributed by atoms with Gasteiger partial charge in [0.05, 0.1) is 7.11 Å². The van der Waals surface area contributed by atoms with Crippen molar-refractivity contribution in [1.29, 1.82) is 0 Å². The van der Waals surface area contributed by atoms with E-state index in [0.29, 0.717) is 0 Å². The van der Waals surface area contributed by atoms with E-state index in [1.165, 1.54) is 12.5 Å². The molecule has 15 heavy (non-hydrogen) atoms. The highest BCUT2D eigenvalue weighted by Crippen LogP contribution is 2.02. The predicted octanol–water partition coefficient (Wildman–Crippen LogP) is 0.244. The summed E-state index contributed by atoms with van der Waals surface area (Å²) >= 11 is 2.99. The van der Waals surface area contributed by atoms with Crippen LogP contribution in [-0.4, -0.2) is 39.0 Å². The lowest BCUT2D eigenvalue weighted by molar-refractivity contribution is -0.139. The van der Waals surface area contributed by atoms with Crippen LogP contribution in [0.5, 0.6) is 0 Å². The molecule has 1 amide bonds. The molecule has 0 aliphatic carbocycles. The van der Waals surface area contributed by atoms with Crippen molar-refractivity contribution in [2.75, 3.05) is 13.7 Å². The van der Waals surface area contributed by atoms with Crippen molar-refractivity contribution < 1.29 is 14.3 Å². The van der Waals surface area contributed by atoms with Crippen LogP contribution in [0.15, 0.2) is 5.38 Å². The molecule has 0 aliphatic rings. The number of carbonyl (C=O) groups is 2. The van der Waals surface area contributed by atoms with Crippen molar-refractivity contribution >= 4 is 46.0 Å². The quantitative estimate of drug-likeness (QED) is 0.482. The number of aromatic nitrogens is 2. The van der Waals surface area contributed by atoms with Gasteiger partial charge in [0.1, 0.15) is 3.92 Å². The summed E-state index contributed by atoms with van der Waals surface area (Å²) in [4.78, 5) is 22.4. The molecule has 1 rings (SSSR count). The number of rotatable bonds is 4. The van der Waals surface area contributed by atoms with E-state index in [2.05, 4.69) is 19.6 Å². The SMILES string of the molecule is COC(=O)C(I)CNC(=O)c1csnn1. The number of ether oxygens (including phenoxy) is 1.